The molecule has 3 nitrogen and oxygen atoms in total. The van der Waals surface area contributed by atoms with Crippen LogP contribution in [0.15, 0.2) is 48.5 Å². The minimum absolute atomic E-state index is 0.141. The Morgan fingerprint density at radius 1 is 0.842 bits per heavy atom. The first-order valence-corrected chi connectivity index (χ1v) is 6.41. The summed E-state index contributed by atoms with van der Waals surface area (Å²) in [6.45, 7) is 0.648. The lowest BCUT2D eigenvalue weighted by Gasteiger charge is -2.12. The first kappa shape index (κ1) is 13.7. The minimum Gasteiger partial charge on any atom is -0.396 e. The fourth-order valence-corrected chi connectivity index (χ4v) is 2.02. The molecule has 0 radical (unpaired) electrons. The van der Waals surface area contributed by atoms with Crippen LogP contribution in [0.25, 0.3) is 0 Å². The van der Waals surface area contributed by atoms with Crippen LogP contribution in [0.1, 0.15) is 28.4 Å². The van der Waals surface area contributed by atoms with Crippen LogP contribution in [0.4, 0.5) is 0 Å². The molecular formula is C16H19NO2. The van der Waals surface area contributed by atoms with Crippen LogP contribution < -0.4 is 5.73 Å². The first-order chi connectivity index (χ1) is 9.24. The van der Waals surface area contributed by atoms with Gasteiger partial charge in [0.15, 0.2) is 0 Å². The topological polar surface area (TPSA) is 66.5 Å². The highest BCUT2D eigenvalue weighted by molar-refractivity contribution is 5.33. The number of aliphatic hydroxyl groups is 2. The van der Waals surface area contributed by atoms with Gasteiger partial charge in [-0.05, 0) is 28.7 Å². The Bertz CT molecular complexity index is 505. The van der Waals surface area contributed by atoms with E-state index in [2.05, 4.69) is 0 Å². The van der Waals surface area contributed by atoms with Gasteiger partial charge in [-0.2, -0.15) is 0 Å². The van der Waals surface area contributed by atoms with Gasteiger partial charge in [-0.3, -0.25) is 0 Å². The van der Waals surface area contributed by atoms with Crippen molar-refractivity contribution < 1.29 is 10.2 Å². The van der Waals surface area contributed by atoms with Gasteiger partial charge in [0.25, 0.3) is 0 Å². The van der Waals surface area contributed by atoms with E-state index >= 15 is 0 Å². The van der Waals surface area contributed by atoms with Crippen molar-refractivity contribution in [1.82, 2.24) is 0 Å². The van der Waals surface area contributed by atoms with Crippen LogP contribution in [-0.2, 0) is 13.0 Å². The zero-order valence-electron chi connectivity index (χ0n) is 10.8. The van der Waals surface area contributed by atoms with Gasteiger partial charge in [-0.1, -0.05) is 48.5 Å². The van der Waals surface area contributed by atoms with E-state index in [1.54, 1.807) is 0 Å². The number of aliphatic hydroxyl groups excluding tert-OH is 2. The standard InChI is InChI=1S/C16H19NO2/c17-11-13-3-7-15(8-4-13)16(19)14-5-1-12(2-6-14)9-10-18/h1-8,16,18-19H,9-11,17H2. The molecule has 0 saturated carbocycles. The quantitative estimate of drug-likeness (QED) is 0.764. The Labute approximate surface area is 113 Å². The summed E-state index contributed by atoms with van der Waals surface area (Å²) < 4.78 is 0. The van der Waals surface area contributed by atoms with E-state index in [1.807, 2.05) is 48.5 Å². The average Bonchev–Trinajstić information content (AvgIpc) is 2.48. The third-order valence-electron chi connectivity index (χ3n) is 3.23. The van der Waals surface area contributed by atoms with Crippen LogP contribution in [-0.4, -0.2) is 16.8 Å². The summed E-state index contributed by atoms with van der Waals surface area (Å²) in [5.74, 6) is 0. The number of rotatable bonds is 5. The van der Waals surface area contributed by atoms with Crippen molar-refractivity contribution >= 4 is 0 Å². The molecule has 0 saturated heterocycles. The molecule has 19 heavy (non-hydrogen) atoms. The second kappa shape index (κ2) is 6.48. The van der Waals surface area contributed by atoms with Gasteiger partial charge in [-0.15, -0.1) is 0 Å². The maximum absolute atomic E-state index is 10.3. The molecule has 1 unspecified atom stereocenters. The van der Waals surface area contributed by atoms with Gasteiger partial charge < -0.3 is 15.9 Å². The van der Waals surface area contributed by atoms with E-state index in [0.717, 1.165) is 22.3 Å². The number of hydrogen-bond donors (Lipinski definition) is 3. The Balaban J connectivity index is 2.15. The molecular weight excluding hydrogens is 238 g/mol. The number of benzene rings is 2. The number of nitrogens with two attached hydrogens (primary N) is 1. The van der Waals surface area contributed by atoms with Crippen molar-refractivity contribution in [2.24, 2.45) is 5.73 Å². The van der Waals surface area contributed by atoms with Crippen LogP contribution in [0.2, 0.25) is 0 Å². The summed E-state index contributed by atoms with van der Waals surface area (Å²) in [5.41, 5.74) is 9.37. The molecule has 2 aromatic carbocycles. The van der Waals surface area contributed by atoms with E-state index in [-0.39, 0.29) is 6.61 Å². The zero-order chi connectivity index (χ0) is 13.7. The van der Waals surface area contributed by atoms with Crippen molar-refractivity contribution in [3.05, 3.63) is 70.8 Å². The summed E-state index contributed by atoms with van der Waals surface area (Å²) in [6, 6.07) is 15.3. The summed E-state index contributed by atoms with van der Waals surface area (Å²) in [4.78, 5) is 0. The van der Waals surface area contributed by atoms with E-state index in [0.29, 0.717) is 13.0 Å². The SMILES string of the molecule is NCc1ccc(C(O)c2ccc(CCO)cc2)cc1. The van der Waals surface area contributed by atoms with Crippen molar-refractivity contribution in [3.63, 3.8) is 0 Å². The maximum atomic E-state index is 10.3. The summed E-state index contributed by atoms with van der Waals surface area (Å²) >= 11 is 0. The fraction of sp³-hybridized carbons (Fsp3) is 0.250. The summed E-state index contributed by atoms with van der Waals surface area (Å²) in [7, 11) is 0. The first-order valence-electron chi connectivity index (χ1n) is 6.41. The Hall–Kier alpha value is -1.68. The molecule has 0 amide bonds. The van der Waals surface area contributed by atoms with Crippen molar-refractivity contribution in [3.8, 4) is 0 Å². The normalized spacial score (nSPS) is 12.4. The summed E-state index contributed by atoms with van der Waals surface area (Å²) in [6.07, 6.45) is 0.0108. The highest BCUT2D eigenvalue weighted by Crippen LogP contribution is 2.22. The van der Waals surface area contributed by atoms with Crippen molar-refractivity contribution in [2.45, 2.75) is 19.1 Å². The molecule has 100 valence electrons. The second-order valence-corrected chi connectivity index (χ2v) is 4.56. The number of hydrogen-bond acceptors (Lipinski definition) is 3. The van der Waals surface area contributed by atoms with Crippen LogP contribution in [0, 0.1) is 0 Å². The Kier molecular flexibility index (Phi) is 4.68. The summed E-state index contributed by atoms with van der Waals surface area (Å²) in [5, 5.41) is 19.2. The predicted molar refractivity (Wildman–Crippen MR) is 75.6 cm³/mol. The monoisotopic (exact) mass is 257 g/mol. The molecule has 0 aromatic heterocycles. The van der Waals surface area contributed by atoms with E-state index in [1.165, 1.54) is 0 Å². The van der Waals surface area contributed by atoms with Gasteiger partial charge in [0, 0.05) is 13.2 Å². The molecule has 0 spiro atoms. The minimum atomic E-state index is -0.630. The highest BCUT2D eigenvalue weighted by Gasteiger charge is 2.09. The Morgan fingerprint density at radius 3 is 1.74 bits per heavy atom. The lowest BCUT2D eigenvalue weighted by Crippen LogP contribution is -2.02. The lowest BCUT2D eigenvalue weighted by atomic mass is 9.99. The van der Waals surface area contributed by atoms with E-state index in [9.17, 15) is 5.11 Å². The molecule has 0 bridgehead atoms. The molecule has 1 atom stereocenters. The van der Waals surface area contributed by atoms with Crippen LogP contribution in [0.3, 0.4) is 0 Å². The van der Waals surface area contributed by atoms with Gasteiger partial charge in [-0.25, -0.2) is 0 Å². The molecule has 2 aromatic rings. The fourth-order valence-electron chi connectivity index (χ4n) is 2.02. The van der Waals surface area contributed by atoms with Gasteiger partial charge in [0.2, 0.25) is 0 Å². The maximum Gasteiger partial charge on any atom is 0.104 e. The van der Waals surface area contributed by atoms with Crippen LogP contribution >= 0.6 is 0 Å². The lowest BCUT2D eigenvalue weighted by molar-refractivity contribution is 0.220. The average molecular weight is 257 g/mol. The molecule has 0 aliphatic heterocycles. The molecule has 0 aliphatic carbocycles. The van der Waals surface area contributed by atoms with Gasteiger partial charge in [0.05, 0.1) is 0 Å². The van der Waals surface area contributed by atoms with Gasteiger partial charge >= 0.3 is 0 Å². The molecule has 3 heteroatoms. The molecule has 0 aliphatic rings. The molecule has 2 rings (SSSR count). The van der Waals surface area contributed by atoms with Crippen molar-refractivity contribution in [2.75, 3.05) is 6.61 Å². The zero-order valence-corrected chi connectivity index (χ0v) is 10.8. The molecule has 4 N–H and O–H groups in total. The van der Waals surface area contributed by atoms with E-state index < -0.39 is 6.10 Å². The van der Waals surface area contributed by atoms with Crippen molar-refractivity contribution in [1.29, 1.82) is 0 Å². The molecule has 0 fully saturated rings. The third-order valence-corrected chi connectivity index (χ3v) is 3.23. The van der Waals surface area contributed by atoms with Crippen LogP contribution in [0.5, 0.6) is 0 Å². The predicted octanol–water partition coefficient (Wildman–Crippen LogP) is 1.76. The third kappa shape index (κ3) is 3.41. The Morgan fingerprint density at radius 2 is 1.32 bits per heavy atom. The molecule has 0 heterocycles. The van der Waals surface area contributed by atoms with Gasteiger partial charge in [0.1, 0.15) is 6.10 Å². The largest absolute Gasteiger partial charge is 0.396 e. The highest BCUT2D eigenvalue weighted by atomic mass is 16.3. The smallest absolute Gasteiger partial charge is 0.104 e. The second-order valence-electron chi connectivity index (χ2n) is 4.56. The van der Waals surface area contributed by atoms with E-state index in [4.69, 9.17) is 10.8 Å².